The van der Waals surface area contributed by atoms with Crippen molar-refractivity contribution in [3.05, 3.63) is 35.9 Å². The molecule has 1 saturated heterocycles. The lowest BCUT2D eigenvalue weighted by molar-refractivity contribution is 0.0541. The first kappa shape index (κ1) is 21.7. The molecule has 0 aromatic heterocycles. The van der Waals surface area contributed by atoms with E-state index in [4.69, 9.17) is 9.47 Å². The average Bonchev–Trinajstić information content (AvgIpc) is 2.59. The van der Waals surface area contributed by atoms with Gasteiger partial charge in [0.1, 0.15) is 18.4 Å². The number of alkyl halides is 1. The minimum Gasteiger partial charge on any atom is -0.445 e. The fourth-order valence-electron chi connectivity index (χ4n) is 2.23. The highest BCUT2D eigenvalue weighted by atomic mass is 19.1. The van der Waals surface area contributed by atoms with Gasteiger partial charge in [-0.1, -0.05) is 30.3 Å². The zero-order valence-electron chi connectivity index (χ0n) is 16.0. The number of carbonyl (C=O) groups is 2. The fraction of sp³-hybridized carbons (Fsp3) is 0.579. The number of hydrogen-bond acceptors (Lipinski definition) is 4. The van der Waals surface area contributed by atoms with Crippen LogP contribution in [0.3, 0.4) is 0 Å². The van der Waals surface area contributed by atoms with Gasteiger partial charge in [-0.3, -0.25) is 0 Å². The van der Waals surface area contributed by atoms with Gasteiger partial charge in [0, 0.05) is 13.6 Å². The van der Waals surface area contributed by atoms with E-state index in [1.54, 1.807) is 0 Å². The second kappa shape index (κ2) is 10.6. The van der Waals surface area contributed by atoms with Crippen molar-refractivity contribution < 1.29 is 23.5 Å². The van der Waals surface area contributed by atoms with E-state index in [2.05, 4.69) is 5.32 Å². The number of amides is 2. The third-order valence-electron chi connectivity index (χ3n) is 3.43. The van der Waals surface area contributed by atoms with Crippen molar-refractivity contribution in [1.82, 2.24) is 10.2 Å². The first-order valence-electron chi connectivity index (χ1n) is 8.71. The Morgan fingerprint density at radius 1 is 1.27 bits per heavy atom. The lowest BCUT2D eigenvalue weighted by Gasteiger charge is -2.28. The first-order chi connectivity index (χ1) is 12.2. The summed E-state index contributed by atoms with van der Waals surface area (Å²) in [6.45, 7) is 6.46. The molecule has 26 heavy (non-hydrogen) atoms. The van der Waals surface area contributed by atoms with E-state index in [9.17, 15) is 14.0 Å². The zero-order chi connectivity index (χ0) is 19.6. The molecule has 7 heteroatoms. The molecule has 1 fully saturated rings. The van der Waals surface area contributed by atoms with Crippen LogP contribution < -0.4 is 5.32 Å². The van der Waals surface area contributed by atoms with Crippen molar-refractivity contribution in [3.63, 3.8) is 0 Å². The number of benzene rings is 1. The number of hydrogen-bond donors (Lipinski definition) is 1. The van der Waals surface area contributed by atoms with Crippen molar-refractivity contribution in [2.45, 2.75) is 52.0 Å². The van der Waals surface area contributed by atoms with E-state index in [0.717, 1.165) is 5.56 Å². The Morgan fingerprint density at radius 3 is 2.42 bits per heavy atom. The van der Waals surface area contributed by atoms with Gasteiger partial charge >= 0.3 is 12.2 Å². The standard InChI is InChI=1S/C13H16FNO2.C6H13NO2/c14-12-7-4-8-15(9-12)13(16)17-10-11-5-2-1-3-6-11;1-6(2,3)9-5(8)7-4/h1-3,5-6,12H,4,7-10H2;1-4H3,(H,7,8). The molecule has 1 aliphatic heterocycles. The molecule has 1 aromatic rings. The zero-order valence-corrected chi connectivity index (χ0v) is 16.0. The maximum atomic E-state index is 13.1. The molecule has 0 spiro atoms. The molecule has 1 unspecified atom stereocenters. The molecule has 6 nitrogen and oxygen atoms in total. The van der Waals surface area contributed by atoms with E-state index < -0.39 is 12.3 Å². The number of ether oxygens (including phenoxy) is 2. The van der Waals surface area contributed by atoms with Crippen molar-refractivity contribution >= 4 is 12.2 Å². The summed E-state index contributed by atoms with van der Waals surface area (Å²) in [6.07, 6.45) is -0.462. The van der Waals surface area contributed by atoms with Crippen molar-refractivity contribution in [2.75, 3.05) is 20.1 Å². The summed E-state index contributed by atoms with van der Waals surface area (Å²) in [5, 5.41) is 2.36. The number of nitrogens with zero attached hydrogens (tertiary/aromatic N) is 1. The molecule has 146 valence electrons. The first-order valence-corrected chi connectivity index (χ1v) is 8.71. The number of rotatable bonds is 2. The molecule has 1 aromatic carbocycles. The van der Waals surface area contributed by atoms with Crippen molar-refractivity contribution in [1.29, 1.82) is 0 Å². The maximum absolute atomic E-state index is 13.1. The van der Waals surface area contributed by atoms with E-state index >= 15 is 0 Å². The number of nitrogens with one attached hydrogen (secondary N) is 1. The Labute approximate surface area is 154 Å². The normalized spacial score (nSPS) is 16.8. The molecule has 0 radical (unpaired) electrons. The molecule has 0 bridgehead atoms. The van der Waals surface area contributed by atoms with Crippen molar-refractivity contribution in [2.24, 2.45) is 0 Å². The Balaban J connectivity index is 0.000000321. The summed E-state index contributed by atoms with van der Waals surface area (Å²) in [5.74, 6) is 0. The van der Waals surface area contributed by atoms with Crippen LogP contribution in [0.1, 0.15) is 39.2 Å². The summed E-state index contributed by atoms with van der Waals surface area (Å²) >= 11 is 0. The fourth-order valence-corrected chi connectivity index (χ4v) is 2.23. The minimum absolute atomic E-state index is 0.160. The summed E-state index contributed by atoms with van der Waals surface area (Å²) in [6, 6.07) is 9.47. The molecule has 0 aliphatic carbocycles. The van der Waals surface area contributed by atoms with Gasteiger partial charge in [-0.25, -0.2) is 14.0 Å². The van der Waals surface area contributed by atoms with Crippen LogP contribution in [0, 0.1) is 0 Å². The number of likely N-dealkylation sites (tertiary alicyclic amines) is 1. The molecule has 2 rings (SSSR count). The highest BCUT2D eigenvalue weighted by molar-refractivity contribution is 5.68. The lowest BCUT2D eigenvalue weighted by Crippen LogP contribution is -2.40. The SMILES string of the molecule is CNC(=O)OC(C)(C)C.O=C(OCc1ccccc1)N1CCCC(F)C1. The quantitative estimate of drug-likeness (QED) is 0.860. The summed E-state index contributed by atoms with van der Waals surface area (Å²) < 4.78 is 23.1. The smallest absolute Gasteiger partial charge is 0.410 e. The topological polar surface area (TPSA) is 67.9 Å². The van der Waals surface area contributed by atoms with Crippen LogP contribution in [0.2, 0.25) is 0 Å². The number of alkyl carbamates (subject to hydrolysis) is 1. The third kappa shape index (κ3) is 9.25. The van der Waals surface area contributed by atoms with Gasteiger partial charge in [-0.05, 0) is 39.2 Å². The Kier molecular flexibility index (Phi) is 8.88. The highest BCUT2D eigenvalue weighted by Crippen LogP contribution is 2.14. The number of halogens is 1. The van der Waals surface area contributed by atoms with Crippen LogP contribution in [-0.2, 0) is 16.1 Å². The number of piperidine rings is 1. The van der Waals surface area contributed by atoms with Gasteiger partial charge in [-0.2, -0.15) is 0 Å². The van der Waals surface area contributed by atoms with E-state index in [1.807, 2.05) is 51.1 Å². The van der Waals surface area contributed by atoms with Crippen LogP contribution in [0.15, 0.2) is 30.3 Å². The largest absolute Gasteiger partial charge is 0.445 e. The van der Waals surface area contributed by atoms with Crippen LogP contribution in [-0.4, -0.2) is 49.0 Å². The van der Waals surface area contributed by atoms with Crippen LogP contribution in [0.4, 0.5) is 14.0 Å². The Hall–Kier alpha value is -2.31. The number of carbonyl (C=O) groups excluding carboxylic acids is 2. The van der Waals surface area contributed by atoms with Gasteiger partial charge in [0.25, 0.3) is 0 Å². The van der Waals surface area contributed by atoms with Crippen LogP contribution in [0.5, 0.6) is 0 Å². The molecular formula is C19H29FN2O4. The highest BCUT2D eigenvalue weighted by Gasteiger charge is 2.24. The minimum atomic E-state index is -0.909. The van der Waals surface area contributed by atoms with Gasteiger partial charge in [0.05, 0.1) is 6.54 Å². The summed E-state index contributed by atoms with van der Waals surface area (Å²) in [5.41, 5.74) is 0.551. The molecule has 1 atom stereocenters. The predicted octanol–water partition coefficient (Wildman–Crippen LogP) is 3.90. The molecule has 2 amide bonds. The second-order valence-corrected chi connectivity index (χ2v) is 6.98. The van der Waals surface area contributed by atoms with E-state index in [1.165, 1.54) is 11.9 Å². The lowest BCUT2D eigenvalue weighted by atomic mass is 10.1. The molecule has 1 aliphatic rings. The van der Waals surface area contributed by atoms with E-state index in [-0.39, 0.29) is 24.8 Å². The molecule has 1 N–H and O–H groups in total. The third-order valence-corrected chi connectivity index (χ3v) is 3.43. The molecule has 1 heterocycles. The maximum Gasteiger partial charge on any atom is 0.410 e. The van der Waals surface area contributed by atoms with Gasteiger partial charge in [0.2, 0.25) is 0 Å². The van der Waals surface area contributed by atoms with Crippen LogP contribution >= 0.6 is 0 Å². The molecule has 0 saturated carbocycles. The van der Waals surface area contributed by atoms with Gasteiger partial charge < -0.3 is 19.7 Å². The van der Waals surface area contributed by atoms with Gasteiger partial charge in [0.15, 0.2) is 0 Å². The van der Waals surface area contributed by atoms with Crippen LogP contribution in [0.25, 0.3) is 0 Å². The summed E-state index contributed by atoms with van der Waals surface area (Å²) in [7, 11) is 1.54. The van der Waals surface area contributed by atoms with E-state index in [0.29, 0.717) is 19.4 Å². The Morgan fingerprint density at radius 2 is 1.92 bits per heavy atom. The molecular weight excluding hydrogens is 339 g/mol. The second-order valence-electron chi connectivity index (χ2n) is 6.98. The average molecular weight is 368 g/mol. The summed E-state index contributed by atoms with van der Waals surface area (Å²) in [4.78, 5) is 23.6. The monoisotopic (exact) mass is 368 g/mol. The predicted molar refractivity (Wildman–Crippen MR) is 97.6 cm³/mol. The van der Waals surface area contributed by atoms with Gasteiger partial charge in [-0.15, -0.1) is 0 Å². The Bertz CT molecular complexity index is 560. The van der Waals surface area contributed by atoms with Crippen molar-refractivity contribution in [3.8, 4) is 0 Å².